The first-order chi connectivity index (χ1) is 13.3. The van der Waals surface area contributed by atoms with E-state index in [4.69, 9.17) is 0 Å². The Labute approximate surface area is 173 Å². The molecule has 0 fully saturated rings. The van der Waals surface area contributed by atoms with E-state index in [9.17, 15) is 4.79 Å². The van der Waals surface area contributed by atoms with Crippen LogP contribution in [0.4, 0.5) is 5.13 Å². The van der Waals surface area contributed by atoms with Crippen LogP contribution in [-0.4, -0.2) is 30.9 Å². The highest BCUT2D eigenvalue weighted by molar-refractivity contribution is 8.00. The minimum Gasteiger partial charge on any atom is -0.302 e. The minimum absolute atomic E-state index is 0.0875. The number of anilines is 1. The van der Waals surface area contributed by atoms with Gasteiger partial charge in [0.2, 0.25) is 5.91 Å². The number of hydrogen-bond donors (Lipinski definition) is 1. The van der Waals surface area contributed by atoms with Crippen LogP contribution in [-0.2, 0) is 11.3 Å². The van der Waals surface area contributed by atoms with Gasteiger partial charge < -0.3 is 9.88 Å². The topological polar surface area (TPSA) is 72.7 Å². The molecule has 0 spiro atoms. The number of aromatic nitrogens is 4. The van der Waals surface area contributed by atoms with E-state index in [2.05, 4.69) is 58.0 Å². The van der Waals surface area contributed by atoms with Crippen molar-refractivity contribution in [2.24, 2.45) is 5.92 Å². The molecule has 6 nitrogen and oxygen atoms in total. The third-order valence-corrected chi connectivity index (χ3v) is 6.00. The predicted octanol–water partition coefficient (Wildman–Crippen LogP) is 4.79. The van der Waals surface area contributed by atoms with Crippen LogP contribution in [0, 0.1) is 19.8 Å². The van der Waals surface area contributed by atoms with Gasteiger partial charge in [0.05, 0.1) is 10.9 Å². The monoisotopic (exact) mass is 415 g/mol. The molecule has 8 heteroatoms. The molecule has 148 valence electrons. The molecule has 0 saturated carbocycles. The first-order valence-electron chi connectivity index (χ1n) is 9.23. The quantitative estimate of drug-likeness (QED) is 0.562. The van der Waals surface area contributed by atoms with Gasteiger partial charge in [0.1, 0.15) is 0 Å². The average molecular weight is 416 g/mol. The number of hydrogen-bond acceptors (Lipinski definition) is 6. The Balaban J connectivity index is 1.81. The maximum absolute atomic E-state index is 12.6. The van der Waals surface area contributed by atoms with E-state index < -0.39 is 0 Å². The average Bonchev–Trinajstić information content (AvgIpc) is 3.21. The lowest BCUT2D eigenvalue weighted by atomic mass is 10.1. The summed E-state index contributed by atoms with van der Waals surface area (Å²) in [6, 6.07) is 8.24. The van der Waals surface area contributed by atoms with Crippen molar-refractivity contribution in [3.05, 3.63) is 40.9 Å². The van der Waals surface area contributed by atoms with E-state index in [0.717, 1.165) is 28.8 Å². The fraction of sp³-hybridized carbons (Fsp3) is 0.400. The van der Waals surface area contributed by atoms with Crippen LogP contribution in [0.25, 0.3) is 11.4 Å². The van der Waals surface area contributed by atoms with Crippen molar-refractivity contribution in [1.82, 2.24) is 19.7 Å². The van der Waals surface area contributed by atoms with Gasteiger partial charge in [-0.05, 0) is 32.8 Å². The Hall–Kier alpha value is -2.19. The minimum atomic E-state index is -0.315. The lowest BCUT2D eigenvalue weighted by Crippen LogP contribution is -2.23. The van der Waals surface area contributed by atoms with Crippen molar-refractivity contribution in [2.45, 2.75) is 51.6 Å². The number of thioether (sulfide) groups is 1. The number of rotatable bonds is 7. The highest BCUT2D eigenvalue weighted by atomic mass is 32.2. The molecule has 0 saturated heterocycles. The Morgan fingerprint density at radius 3 is 2.68 bits per heavy atom. The van der Waals surface area contributed by atoms with Gasteiger partial charge in [-0.25, -0.2) is 4.98 Å². The first kappa shape index (κ1) is 20.5. The molecule has 1 aromatic carbocycles. The van der Waals surface area contributed by atoms with Crippen LogP contribution in [0.3, 0.4) is 0 Å². The molecule has 2 aromatic heterocycles. The smallest absolute Gasteiger partial charge is 0.239 e. The van der Waals surface area contributed by atoms with Gasteiger partial charge in [-0.3, -0.25) is 4.79 Å². The highest BCUT2D eigenvalue weighted by Crippen LogP contribution is 2.29. The number of carbonyl (C=O) groups excluding carboxylic acids is 1. The number of nitrogens with one attached hydrogen (secondary N) is 1. The number of thiazole rings is 1. The summed E-state index contributed by atoms with van der Waals surface area (Å²) in [6.07, 6.45) is 0. The van der Waals surface area contributed by atoms with Crippen LogP contribution >= 0.6 is 23.1 Å². The third kappa shape index (κ3) is 4.99. The van der Waals surface area contributed by atoms with Gasteiger partial charge in [-0.1, -0.05) is 49.4 Å². The zero-order chi connectivity index (χ0) is 20.3. The van der Waals surface area contributed by atoms with Gasteiger partial charge in [-0.15, -0.1) is 21.5 Å². The van der Waals surface area contributed by atoms with Crippen LogP contribution in [0.1, 0.15) is 32.0 Å². The zero-order valence-corrected chi connectivity index (χ0v) is 18.4. The van der Waals surface area contributed by atoms with E-state index in [1.165, 1.54) is 28.7 Å². The molecule has 0 radical (unpaired) electrons. The second-order valence-electron chi connectivity index (χ2n) is 7.22. The van der Waals surface area contributed by atoms with Gasteiger partial charge in [-0.2, -0.15) is 0 Å². The summed E-state index contributed by atoms with van der Waals surface area (Å²) in [5, 5.41) is 14.7. The summed E-state index contributed by atoms with van der Waals surface area (Å²) >= 11 is 2.85. The molecular formula is C20H25N5OS2. The van der Waals surface area contributed by atoms with Gasteiger partial charge in [0.15, 0.2) is 16.1 Å². The molecule has 0 bridgehead atoms. The van der Waals surface area contributed by atoms with Crippen LogP contribution in [0.2, 0.25) is 0 Å². The molecule has 1 N–H and O–H groups in total. The van der Waals surface area contributed by atoms with Gasteiger partial charge in [0.25, 0.3) is 0 Å². The van der Waals surface area contributed by atoms with Crippen molar-refractivity contribution < 1.29 is 4.79 Å². The molecule has 0 unspecified atom stereocenters. The van der Waals surface area contributed by atoms with Crippen molar-refractivity contribution in [1.29, 1.82) is 0 Å². The van der Waals surface area contributed by atoms with Crippen molar-refractivity contribution in [2.75, 3.05) is 5.32 Å². The standard InChI is InChI=1S/C20H25N5OS2/c1-12(2)10-25-17(16-8-6-7-13(3)9-16)23-24-20(25)28-15(5)18(26)22-19-21-14(4)11-27-19/h6-9,11-12,15H,10H2,1-5H3,(H,21,22,26)/t15-/m0/s1. The fourth-order valence-corrected chi connectivity index (χ4v) is 4.28. The number of carbonyl (C=O) groups is 1. The molecule has 2 heterocycles. The van der Waals surface area contributed by atoms with E-state index in [-0.39, 0.29) is 11.2 Å². The fourth-order valence-electron chi connectivity index (χ4n) is 2.73. The van der Waals surface area contributed by atoms with Gasteiger partial charge >= 0.3 is 0 Å². The van der Waals surface area contributed by atoms with Gasteiger partial charge in [0, 0.05) is 17.5 Å². The molecule has 1 amide bonds. The largest absolute Gasteiger partial charge is 0.302 e. The summed E-state index contributed by atoms with van der Waals surface area (Å²) in [7, 11) is 0. The number of nitrogens with zero attached hydrogens (tertiary/aromatic N) is 4. The maximum Gasteiger partial charge on any atom is 0.239 e. The predicted molar refractivity (Wildman–Crippen MR) is 116 cm³/mol. The van der Waals surface area contributed by atoms with Crippen molar-refractivity contribution >= 4 is 34.1 Å². The molecule has 0 aliphatic carbocycles. The SMILES string of the molecule is Cc1cccc(-c2nnc(S[C@@H](C)C(=O)Nc3nc(C)cs3)n2CC(C)C)c1. The summed E-state index contributed by atoms with van der Waals surface area (Å²) in [4.78, 5) is 16.9. The molecule has 0 aliphatic heterocycles. The Bertz CT molecular complexity index is 963. The molecular weight excluding hydrogens is 390 g/mol. The van der Waals surface area contributed by atoms with E-state index in [0.29, 0.717) is 11.0 Å². The van der Waals surface area contributed by atoms with E-state index in [1.807, 2.05) is 31.4 Å². The Morgan fingerprint density at radius 2 is 2.04 bits per heavy atom. The van der Waals surface area contributed by atoms with Crippen LogP contribution < -0.4 is 5.32 Å². The normalized spacial score (nSPS) is 12.4. The molecule has 3 aromatic rings. The molecule has 0 aliphatic rings. The number of aryl methyl sites for hydroxylation is 2. The lowest BCUT2D eigenvalue weighted by Gasteiger charge is -2.15. The summed E-state index contributed by atoms with van der Waals surface area (Å²) in [5.74, 6) is 1.18. The van der Waals surface area contributed by atoms with E-state index >= 15 is 0 Å². The lowest BCUT2D eigenvalue weighted by molar-refractivity contribution is -0.115. The maximum atomic E-state index is 12.6. The molecule has 28 heavy (non-hydrogen) atoms. The number of amides is 1. The summed E-state index contributed by atoms with van der Waals surface area (Å²) in [5.41, 5.74) is 3.12. The molecule has 1 atom stereocenters. The summed E-state index contributed by atoms with van der Waals surface area (Å²) < 4.78 is 2.11. The first-order valence-corrected chi connectivity index (χ1v) is 11.0. The van der Waals surface area contributed by atoms with E-state index in [1.54, 1.807) is 0 Å². The van der Waals surface area contributed by atoms with Crippen LogP contribution in [0.5, 0.6) is 0 Å². The third-order valence-electron chi connectivity index (χ3n) is 4.04. The Kier molecular flexibility index (Phi) is 6.51. The zero-order valence-electron chi connectivity index (χ0n) is 16.8. The van der Waals surface area contributed by atoms with Crippen molar-refractivity contribution in [3.8, 4) is 11.4 Å². The highest BCUT2D eigenvalue weighted by Gasteiger charge is 2.22. The molecule has 3 rings (SSSR count). The second kappa shape index (κ2) is 8.87. The summed E-state index contributed by atoms with van der Waals surface area (Å²) in [6.45, 7) is 11.0. The second-order valence-corrected chi connectivity index (χ2v) is 9.39. The number of benzene rings is 1. The van der Waals surface area contributed by atoms with Crippen LogP contribution in [0.15, 0.2) is 34.8 Å². The van der Waals surface area contributed by atoms with Crippen molar-refractivity contribution in [3.63, 3.8) is 0 Å². The Morgan fingerprint density at radius 1 is 1.25 bits per heavy atom.